The molecule has 2 aromatic rings. The van der Waals surface area contributed by atoms with Gasteiger partial charge < -0.3 is 10.4 Å². The summed E-state index contributed by atoms with van der Waals surface area (Å²) >= 11 is 0. The summed E-state index contributed by atoms with van der Waals surface area (Å²) in [4.78, 5) is 23.7. The number of anilines is 1. The fourth-order valence-corrected chi connectivity index (χ4v) is 2.72. The maximum Gasteiger partial charge on any atom is 0.393 e. The third-order valence-electron chi connectivity index (χ3n) is 4.03. The molecule has 0 spiro atoms. The number of benzene rings is 2. The Hall–Kier alpha value is -2.83. The molecule has 0 heterocycles. The fourth-order valence-electron chi connectivity index (χ4n) is 2.72. The van der Waals surface area contributed by atoms with Gasteiger partial charge in [0.05, 0.1) is 17.5 Å². The Bertz CT molecular complexity index is 831. The van der Waals surface area contributed by atoms with E-state index in [1.165, 1.54) is 36.4 Å². The molecular weight excluding hydrogens is 359 g/mol. The predicted octanol–water partition coefficient (Wildman–Crippen LogP) is 5.08. The number of halogens is 3. The topological polar surface area (TPSA) is 66.4 Å². The number of aryl methyl sites for hydroxylation is 1. The van der Waals surface area contributed by atoms with Crippen molar-refractivity contribution in [1.29, 1.82) is 0 Å². The largest absolute Gasteiger partial charge is 0.478 e. The van der Waals surface area contributed by atoms with Crippen molar-refractivity contribution >= 4 is 17.6 Å². The quantitative estimate of drug-likeness (QED) is 0.705. The average molecular weight is 379 g/mol. The van der Waals surface area contributed by atoms with Crippen molar-refractivity contribution in [2.24, 2.45) is 0 Å². The van der Waals surface area contributed by atoms with Crippen LogP contribution in [0.3, 0.4) is 0 Å². The van der Waals surface area contributed by atoms with Crippen LogP contribution in [0.15, 0.2) is 42.5 Å². The number of unbranched alkanes of at least 4 members (excludes halogenated alkanes) is 1. The minimum atomic E-state index is -4.43. The number of hydrogen-bond donors (Lipinski definition) is 2. The number of alkyl halides is 3. The van der Waals surface area contributed by atoms with Gasteiger partial charge in [-0.2, -0.15) is 13.2 Å². The molecule has 0 saturated heterocycles. The lowest BCUT2D eigenvalue weighted by Crippen LogP contribution is -2.19. The first-order chi connectivity index (χ1) is 12.7. The van der Waals surface area contributed by atoms with Crippen molar-refractivity contribution < 1.29 is 27.9 Å². The Morgan fingerprint density at radius 2 is 1.74 bits per heavy atom. The molecule has 0 aromatic heterocycles. The zero-order chi connectivity index (χ0) is 20.0. The van der Waals surface area contributed by atoms with Crippen molar-refractivity contribution in [2.75, 3.05) is 5.32 Å². The van der Waals surface area contributed by atoms with Gasteiger partial charge >= 0.3 is 12.1 Å². The van der Waals surface area contributed by atoms with E-state index in [4.69, 9.17) is 0 Å². The highest BCUT2D eigenvalue weighted by atomic mass is 19.4. The molecule has 0 saturated carbocycles. The minimum Gasteiger partial charge on any atom is -0.478 e. The van der Waals surface area contributed by atoms with Gasteiger partial charge in [-0.3, -0.25) is 4.79 Å². The van der Waals surface area contributed by atoms with Crippen molar-refractivity contribution in [1.82, 2.24) is 0 Å². The van der Waals surface area contributed by atoms with Crippen LogP contribution in [0.1, 0.15) is 51.6 Å². The van der Waals surface area contributed by atoms with Gasteiger partial charge in [0.25, 0.3) is 5.91 Å². The molecule has 0 aliphatic carbocycles. The van der Waals surface area contributed by atoms with Gasteiger partial charge in [-0.05, 0) is 42.2 Å². The van der Waals surface area contributed by atoms with Crippen LogP contribution in [0.25, 0.3) is 0 Å². The molecule has 144 valence electrons. The molecule has 0 unspecified atom stereocenters. The first-order valence-corrected chi connectivity index (χ1v) is 8.53. The highest BCUT2D eigenvalue weighted by Crippen LogP contribution is 2.28. The Kier molecular flexibility index (Phi) is 6.60. The maximum absolute atomic E-state index is 12.9. The third kappa shape index (κ3) is 5.84. The molecule has 2 N–H and O–H groups in total. The monoisotopic (exact) mass is 379 g/mol. The molecule has 0 fully saturated rings. The summed E-state index contributed by atoms with van der Waals surface area (Å²) in [6.07, 6.45) is -3.19. The second kappa shape index (κ2) is 8.70. The minimum absolute atomic E-state index is 0.0257. The highest BCUT2D eigenvalue weighted by molar-refractivity contribution is 6.10. The van der Waals surface area contributed by atoms with Crippen LogP contribution in [0.5, 0.6) is 0 Å². The standard InChI is InChI=1S/C20H20F3NO3/c1-2-3-6-13-9-10-17(14(11-13)12-20(21,22)23)24-18(25)15-7-4-5-8-16(15)19(26)27/h4-5,7-11H,2-3,6,12H2,1H3,(H,24,25)(H,26,27). The van der Waals surface area contributed by atoms with Crippen LogP contribution >= 0.6 is 0 Å². The van der Waals surface area contributed by atoms with E-state index in [0.717, 1.165) is 18.4 Å². The molecule has 0 atom stereocenters. The van der Waals surface area contributed by atoms with E-state index >= 15 is 0 Å². The first kappa shape index (κ1) is 20.5. The molecule has 1 amide bonds. The zero-order valence-corrected chi connectivity index (χ0v) is 14.8. The van der Waals surface area contributed by atoms with E-state index < -0.39 is 24.5 Å². The summed E-state index contributed by atoms with van der Waals surface area (Å²) in [5, 5.41) is 11.6. The van der Waals surface area contributed by atoms with Crippen LogP contribution in [-0.2, 0) is 12.8 Å². The molecule has 2 rings (SSSR count). The Balaban J connectivity index is 2.34. The predicted molar refractivity (Wildman–Crippen MR) is 96.2 cm³/mol. The Labute approximate surface area is 155 Å². The number of carbonyl (C=O) groups excluding carboxylic acids is 1. The number of rotatable bonds is 7. The van der Waals surface area contributed by atoms with E-state index in [2.05, 4.69) is 5.32 Å². The molecule has 0 bridgehead atoms. The molecule has 0 radical (unpaired) electrons. The summed E-state index contributed by atoms with van der Waals surface area (Å²) in [7, 11) is 0. The van der Waals surface area contributed by atoms with Gasteiger partial charge in [-0.25, -0.2) is 4.79 Å². The lowest BCUT2D eigenvalue weighted by Gasteiger charge is -2.15. The second-order valence-corrected chi connectivity index (χ2v) is 6.19. The van der Waals surface area contributed by atoms with Crippen molar-refractivity contribution in [3.63, 3.8) is 0 Å². The Morgan fingerprint density at radius 3 is 2.33 bits per heavy atom. The van der Waals surface area contributed by atoms with Gasteiger partial charge in [-0.1, -0.05) is 37.6 Å². The average Bonchev–Trinajstić information content (AvgIpc) is 2.60. The number of hydrogen-bond acceptors (Lipinski definition) is 2. The third-order valence-corrected chi connectivity index (χ3v) is 4.03. The number of carbonyl (C=O) groups is 2. The second-order valence-electron chi connectivity index (χ2n) is 6.19. The number of aromatic carboxylic acids is 1. The summed E-state index contributed by atoms with van der Waals surface area (Å²) in [6.45, 7) is 1.99. The van der Waals surface area contributed by atoms with Crippen LogP contribution in [0.4, 0.5) is 18.9 Å². The van der Waals surface area contributed by atoms with Gasteiger partial charge in [-0.15, -0.1) is 0 Å². The number of carboxylic acids is 1. The fraction of sp³-hybridized carbons (Fsp3) is 0.300. The van der Waals surface area contributed by atoms with E-state index in [1.54, 1.807) is 6.07 Å². The lowest BCUT2D eigenvalue weighted by molar-refractivity contribution is -0.127. The number of nitrogens with one attached hydrogen (secondary N) is 1. The van der Waals surface area contributed by atoms with Crippen LogP contribution in [0, 0.1) is 0 Å². The maximum atomic E-state index is 12.9. The smallest absolute Gasteiger partial charge is 0.393 e. The van der Waals surface area contributed by atoms with E-state index in [0.29, 0.717) is 6.42 Å². The van der Waals surface area contributed by atoms with Crippen LogP contribution in [0.2, 0.25) is 0 Å². The molecule has 4 nitrogen and oxygen atoms in total. The van der Waals surface area contributed by atoms with Crippen LogP contribution in [-0.4, -0.2) is 23.2 Å². The van der Waals surface area contributed by atoms with Gasteiger partial charge in [0.1, 0.15) is 0 Å². The van der Waals surface area contributed by atoms with Crippen molar-refractivity contribution in [3.05, 3.63) is 64.7 Å². The molecule has 27 heavy (non-hydrogen) atoms. The SMILES string of the molecule is CCCCc1ccc(NC(=O)c2ccccc2C(=O)O)c(CC(F)(F)F)c1. The highest BCUT2D eigenvalue weighted by Gasteiger charge is 2.29. The lowest BCUT2D eigenvalue weighted by atomic mass is 10.0. The number of amides is 1. The summed E-state index contributed by atoms with van der Waals surface area (Å²) in [6, 6.07) is 10.1. The van der Waals surface area contributed by atoms with E-state index in [-0.39, 0.29) is 22.4 Å². The van der Waals surface area contributed by atoms with E-state index in [1.807, 2.05) is 6.92 Å². The molecule has 0 aliphatic heterocycles. The Morgan fingerprint density at radius 1 is 1.07 bits per heavy atom. The van der Waals surface area contributed by atoms with E-state index in [9.17, 15) is 27.9 Å². The van der Waals surface area contributed by atoms with Crippen LogP contribution < -0.4 is 5.32 Å². The van der Waals surface area contributed by atoms with Gasteiger partial charge in [0.15, 0.2) is 0 Å². The first-order valence-electron chi connectivity index (χ1n) is 8.53. The van der Waals surface area contributed by atoms with Crippen molar-refractivity contribution in [2.45, 2.75) is 38.8 Å². The molecule has 0 aliphatic rings. The van der Waals surface area contributed by atoms with Crippen molar-refractivity contribution in [3.8, 4) is 0 Å². The zero-order valence-electron chi connectivity index (χ0n) is 14.8. The molecule has 2 aromatic carbocycles. The summed E-state index contributed by atoms with van der Waals surface area (Å²) in [5.41, 5.74) is 0.417. The van der Waals surface area contributed by atoms with Gasteiger partial charge in [0.2, 0.25) is 0 Å². The normalized spacial score (nSPS) is 11.3. The molecule has 7 heteroatoms. The van der Waals surface area contributed by atoms with Gasteiger partial charge in [0, 0.05) is 5.69 Å². The summed E-state index contributed by atoms with van der Waals surface area (Å²) < 4.78 is 38.8. The summed E-state index contributed by atoms with van der Waals surface area (Å²) in [5.74, 6) is -2.05. The number of carboxylic acid groups (broad SMARTS) is 1. The molecular formula is C20H20F3NO3.